The molecule has 6 heteroatoms. The van der Waals surface area contributed by atoms with Crippen LogP contribution in [0.5, 0.6) is 0 Å². The Morgan fingerprint density at radius 3 is 2.20 bits per heavy atom. The highest BCUT2D eigenvalue weighted by atomic mass is 19.2. The molecule has 0 amide bonds. The Hall–Kier alpha value is -2.11. The first-order valence-corrected chi connectivity index (χ1v) is 3.69. The van der Waals surface area contributed by atoms with Crippen molar-refractivity contribution < 1.29 is 28.3 Å². The van der Waals surface area contributed by atoms with E-state index in [1.807, 2.05) is 0 Å². The zero-order valence-electron chi connectivity index (χ0n) is 7.16. The number of carbonyl (C=O) groups is 3. The lowest BCUT2D eigenvalue weighted by atomic mass is 10.0. The van der Waals surface area contributed by atoms with Gasteiger partial charge in [0.15, 0.2) is 17.9 Å². The van der Waals surface area contributed by atoms with Crippen molar-refractivity contribution in [3.63, 3.8) is 0 Å². The molecule has 1 aromatic carbocycles. The third-order valence-electron chi connectivity index (χ3n) is 1.66. The minimum Gasteiger partial charge on any atom is -0.475 e. The minimum atomic E-state index is -1.84. The number of ketones is 1. The SMILES string of the molecule is O=Cc1cc(F)c(F)cc1C(=O)C(=O)O. The predicted molar refractivity (Wildman–Crippen MR) is 43.7 cm³/mol. The second-order valence-corrected chi connectivity index (χ2v) is 2.61. The molecule has 0 bridgehead atoms. The molecular weight excluding hydrogens is 210 g/mol. The van der Waals surface area contributed by atoms with E-state index in [0.717, 1.165) is 0 Å². The molecule has 1 aromatic rings. The normalized spacial score (nSPS) is 9.73. The van der Waals surface area contributed by atoms with Crippen molar-refractivity contribution in [1.29, 1.82) is 0 Å². The molecule has 0 aliphatic rings. The average molecular weight is 214 g/mol. The number of halogens is 2. The Morgan fingerprint density at radius 1 is 1.20 bits per heavy atom. The minimum absolute atomic E-state index is 0.0820. The smallest absolute Gasteiger partial charge is 0.377 e. The Morgan fingerprint density at radius 2 is 1.73 bits per heavy atom. The molecule has 15 heavy (non-hydrogen) atoms. The van der Waals surface area contributed by atoms with E-state index in [4.69, 9.17) is 5.11 Å². The van der Waals surface area contributed by atoms with Crippen LogP contribution in [-0.4, -0.2) is 23.1 Å². The summed E-state index contributed by atoms with van der Waals surface area (Å²) < 4.78 is 25.3. The number of aldehydes is 1. The summed E-state index contributed by atoms with van der Waals surface area (Å²) in [5.41, 5.74) is -1.17. The summed E-state index contributed by atoms with van der Waals surface area (Å²) in [4.78, 5) is 31.6. The Kier molecular flexibility index (Phi) is 2.89. The number of hydrogen-bond donors (Lipinski definition) is 1. The maximum absolute atomic E-state index is 12.7. The van der Waals surface area contributed by atoms with E-state index in [1.165, 1.54) is 0 Å². The first-order valence-electron chi connectivity index (χ1n) is 3.69. The molecule has 0 unspecified atom stereocenters. The van der Waals surface area contributed by atoms with Crippen LogP contribution in [0.15, 0.2) is 12.1 Å². The van der Waals surface area contributed by atoms with E-state index in [-0.39, 0.29) is 6.29 Å². The summed E-state index contributed by atoms with van der Waals surface area (Å²) in [6.45, 7) is 0. The molecule has 0 aliphatic carbocycles. The molecule has 0 atom stereocenters. The van der Waals surface area contributed by atoms with Crippen LogP contribution < -0.4 is 0 Å². The monoisotopic (exact) mass is 214 g/mol. The largest absolute Gasteiger partial charge is 0.475 e. The van der Waals surface area contributed by atoms with E-state index in [2.05, 4.69) is 0 Å². The van der Waals surface area contributed by atoms with Crippen LogP contribution in [0.4, 0.5) is 8.78 Å². The molecule has 0 spiro atoms. The molecule has 0 aromatic heterocycles. The average Bonchev–Trinajstić information content (AvgIpc) is 2.20. The van der Waals surface area contributed by atoms with E-state index in [0.29, 0.717) is 12.1 Å². The van der Waals surface area contributed by atoms with Crippen molar-refractivity contribution in [2.45, 2.75) is 0 Å². The molecule has 0 saturated heterocycles. The summed E-state index contributed by atoms with van der Waals surface area (Å²) >= 11 is 0. The Labute approximate surface area is 82.1 Å². The summed E-state index contributed by atoms with van der Waals surface area (Å²) in [6, 6.07) is 0.855. The van der Waals surface area contributed by atoms with Crippen molar-refractivity contribution in [3.8, 4) is 0 Å². The molecule has 0 radical (unpaired) electrons. The fourth-order valence-electron chi connectivity index (χ4n) is 0.972. The van der Waals surface area contributed by atoms with E-state index in [1.54, 1.807) is 0 Å². The standard InChI is InChI=1S/C9H4F2O4/c10-6-1-4(3-12)5(2-7(6)11)8(13)9(14)15/h1-3H,(H,14,15). The number of carboxylic acid groups (broad SMARTS) is 1. The van der Waals surface area contributed by atoms with Gasteiger partial charge in [0.25, 0.3) is 5.78 Å². The van der Waals surface area contributed by atoms with Gasteiger partial charge in [0.05, 0.1) is 0 Å². The van der Waals surface area contributed by atoms with Gasteiger partial charge in [-0.25, -0.2) is 13.6 Å². The van der Waals surface area contributed by atoms with Crippen LogP contribution in [0.1, 0.15) is 20.7 Å². The number of carboxylic acids is 1. The van der Waals surface area contributed by atoms with E-state index in [9.17, 15) is 23.2 Å². The lowest BCUT2D eigenvalue weighted by Gasteiger charge is -2.01. The van der Waals surface area contributed by atoms with Gasteiger partial charge in [0.2, 0.25) is 0 Å². The highest BCUT2D eigenvalue weighted by Gasteiger charge is 2.20. The van der Waals surface area contributed by atoms with Gasteiger partial charge in [-0.1, -0.05) is 0 Å². The molecule has 0 fully saturated rings. The molecule has 0 saturated carbocycles. The van der Waals surface area contributed by atoms with Crippen LogP contribution >= 0.6 is 0 Å². The van der Waals surface area contributed by atoms with E-state index >= 15 is 0 Å². The van der Waals surface area contributed by atoms with Crippen molar-refractivity contribution in [2.75, 3.05) is 0 Å². The lowest BCUT2D eigenvalue weighted by molar-refractivity contribution is -0.131. The van der Waals surface area contributed by atoms with Gasteiger partial charge < -0.3 is 5.11 Å². The van der Waals surface area contributed by atoms with E-state index < -0.39 is 34.5 Å². The van der Waals surface area contributed by atoms with Crippen LogP contribution in [0.2, 0.25) is 0 Å². The first kappa shape index (κ1) is 11.0. The summed E-state index contributed by atoms with van der Waals surface area (Å²) in [6.07, 6.45) is 0.0820. The first-order chi connectivity index (χ1) is 6.97. The quantitative estimate of drug-likeness (QED) is 0.463. The van der Waals surface area contributed by atoms with Gasteiger partial charge in [0, 0.05) is 11.1 Å². The third-order valence-corrected chi connectivity index (χ3v) is 1.66. The van der Waals surface area contributed by atoms with Crippen molar-refractivity contribution in [1.82, 2.24) is 0 Å². The van der Waals surface area contributed by atoms with Crippen LogP contribution in [-0.2, 0) is 4.79 Å². The molecule has 1 rings (SSSR count). The Balaban J connectivity index is 3.40. The number of rotatable bonds is 3. The molecule has 4 nitrogen and oxygen atoms in total. The second kappa shape index (κ2) is 3.95. The van der Waals surface area contributed by atoms with Gasteiger partial charge in [-0.15, -0.1) is 0 Å². The summed E-state index contributed by atoms with van der Waals surface area (Å²) in [5.74, 6) is -6.01. The van der Waals surface area contributed by atoms with Crippen LogP contribution in [0.25, 0.3) is 0 Å². The van der Waals surface area contributed by atoms with Gasteiger partial charge in [0.1, 0.15) is 0 Å². The molecule has 0 aliphatic heterocycles. The number of benzene rings is 1. The molecule has 78 valence electrons. The van der Waals surface area contributed by atoms with Gasteiger partial charge in [-0.2, -0.15) is 0 Å². The van der Waals surface area contributed by atoms with Gasteiger partial charge in [-0.05, 0) is 12.1 Å². The third kappa shape index (κ3) is 2.04. The highest BCUT2D eigenvalue weighted by Crippen LogP contribution is 2.14. The molecule has 0 heterocycles. The van der Waals surface area contributed by atoms with Crippen molar-refractivity contribution >= 4 is 18.0 Å². The van der Waals surface area contributed by atoms with Gasteiger partial charge >= 0.3 is 5.97 Å². The van der Waals surface area contributed by atoms with Crippen LogP contribution in [0.3, 0.4) is 0 Å². The lowest BCUT2D eigenvalue weighted by Crippen LogP contribution is -2.15. The van der Waals surface area contributed by atoms with Crippen molar-refractivity contribution in [3.05, 3.63) is 34.9 Å². The fraction of sp³-hybridized carbons (Fsp3) is 0. The van der Waals surface area contributed by atoms with Gasteiger partial charge in [-0.3, -0.25) is 9.59 Å². The maximum Gasteiger partial charge on any atom is 0.377 e. The Bertz CT molecular complexity index is 454. The topological polar surface area (TPSA) is 71.4 Å². The van der Waals surface area contributed by atoms with Crippen molar-refractivity contribution in [2.24, 2.45) is 0 Å². The molecule has 1 N–H and O–H groups in total. The van der Waals surface area contributed by atoms with Crippen LogP contribution in [0, 0.1) is 11.6 Å². The summed E-state index contributed by atoms with van der Waals surface area (Å²) in [7, 11) is 0. The second-order valence-electron chi connectivity index (χ2n) is 2.61. The fourth-order valence-corrected chi connectivity index (χ4v) is 0.972. The number of Topliss-reactive ketones (excluding diaryl/α,β-unsaturated/α-hetero) is 1. The predicted octanol–water partition coefficient (Wildman–Crippen LogP) is 1.04. The summed E-state index contributed by atoms with van der Waals surface area (Å²) in [5, 5.41) is 8.33. The zero-order valence-corrected chi connectivity index (χ0v) is 7.16. The zero-order chi connectivity index (χ0) is 11.6. The number of aliphatic carboxylic acids is 1. The highest BCUT2D eigenvalue weighted by molar-refractivity contribution is 6.40. The number of carbonyl (C=O) groups excluding carboxylic acids is 2. The molecular formula is C9H4F2O4. The maximum atomic E-state index is 12.7. The number of hydrogen-bond acceptors (Lipinski definition) is 3.